The first-order valence-corrected chi connectivity index (χ1v) is 10.9. The van der Waals surface area contributed by atoms with E-state index in [0.29, 0.717) is 51.6 Å². The van der Waals surface area contributed by atoms with Crippen LogP contribution in [0.3, 0.4) is 0 Å². The van der Waals surface area contributed by atoms with Gasteiger partial charge in [-0.25, -0.2) is 9.59 Å². The second-order valence-corrected chi connectivity index (χ2v) is 9.04. The largest absolute Gasteiger partial charge is 0.507 e. The molecule has 3 heterocycles. The maximum absolute atomic E-state index is 12.8. The average Bonchev–Trinajstić information content (AvgIpc) is 2.74. The summed E-state index contributed by atoms with van der Waals surface area (Å²) in [7, 11) is 0. The van der Waals surface area contributed by atoms with Gasteiger partial charge >= 0.3 is 11.3 Å². The molecule has 2 atom stereocenters. The van der Waals surface area contributed by atoms with Gasteiger partial charge in [0, 0.05) is 42.0 Å². The molecule has 164 valence electrons. The van der Waals surface area contributed by atoms with Gasteiger partial charge in [-0.05, 0) is 42.5 Å². The van der Waals surface area contributed by atoms with E-state index in [1.807, 2.05) is 12.1 Å². The van der Waals surface area contributed by atoms with Gasteiger partial charge in [0.25, 0.3) is 0 Å². The van der Waals surface area contributed by atoms with Gasteiger partial charge < -0.3 is 13.9 Å². The molecule has 2 unspecified atom stereocenters. The lowest BCUT2D eigenvalue weighted by Gasteiger charge is -2.35. The zero-order chi connectivity index (χ0) is 22.4. The number of aromatic hydroxyl groups is 1. The van der Waals surface area contributed by atoms with Crippen molar-refractivity contribution in [2.24, 2.45) is 11.8 Å². The van der Waals surface area contributed by atoms with Crippen LogP contribution in [0.25, 0.3) is 33.1 Å². The summed E-state index contributed by atoms with van der Waals surface area (Å²) >= 11 is 0. The lowest BCUT2D eigenvalue weighted by molar-refractivity contribution is 0.133. The highest BCUT2D eigenvalue weighted by Crippen LogP contribution is 2.34. The van der Waals surface area contributed by atoms with Crippen LogP contribution in [0.1, 0.15) is 25.8 Å². The molecule has 0 amide bonds. The van der Waals surface area contributed by atoms with Crippen molar-refractivity contribution in [2.75, 3.05) is 13.1 Å². The minimum absolute atomic E-state index is 0.0780. The standard InChI is InChI=1S/C26H25NO5/c1-15-9-16(2)13-27(12-15)14-21-22(28)8-7-18-19(11-24(29)32-25(18)21)20-10-17-5-3-4-6-23(17)31-26(20)30/h3-8,10-11,15-16,28H,9,12-14H2,1-2H3. The van der Waals surface area contributed by atoms with E-state index in [-0.39, 0.29) is 5.75 Å². The topological polar surface area (TPSA) is 83.9 Å². The maximum atomic E-state index is 12.8. The summed E-state index contributed by atoms with van der Waals surface area (Å²) in [5, 5.41) is 12.0. The summed E-state index contributed by atoms with van der Waals surface area (Å²) in [4.78, 5) is 27.6. The van der Waals surface area contributed by atoms with Gasteiger partial charge in [0.15, 0.2) is 0 Å². The summed E-state index contributed by atoms with van der Waals surface area (Å²) in [5.74, 6) is 1.19. The fraction of sp³-hybridized carbons (Fsp3) is 0.308. The molecule has 2 aromatic carbocycles. The van der Waals surface area contributed by atoms with E-state index in [2.05, 4.69) is 18.7 Å². The molecule has 32 heavy (non-hydrogen) atoms. The van der Waals surface area contributed by atoms with Crippen molar-refractivity contribution in [1.82, 2.24) is 4.90 Å². The monoisotopic (exact) mass is 431 g/mol. The Kier molecular flexibility index (Phi) is 5.10. The van der Waals surface area contributed by atoms with E-state index >= 15 is 0 Å². The van der Waals surface area contributed by atoms with Crippen LogP contribution in [0.15, 0.2) is 67.0 Å². The molecule has 1 aliphatic rings. The van der Waals surface area contributed by atoms with Crippen LogP contribution >= 0.6 is 0 Å². The van der Waals surface area contributed by atoms with E-state index in [9.17, 15) is 14.7 Å². The molecule has 0 aliphatic carbocycles. The summed E-state index contributed by atoms with van der Waals surface area (Å²) in [6.07, 6.45) is 1.18. The highest BCUT2D eigenvalue weighted by atomic mass is 16.4. The van der Waals surface area contributed by atoms with Gasteiger partial charge in [0.05, 0.1) is 11.1 Å². The molecular formula is C26H25NO5. The van der Waals surface area contributed by atoms with Crippen molar-refractivity contribution in [2.45, 2.75) is 26.8 Å². The number of piperidine rings is 1. The summed E-state index contributed by atoms with van der Waals surface area (Å²) < 4.78 is 11.1. The van der Waals surface area contributed by atoms with Gasteiger partial charge in [-0.1, -0.05) is 32.0 Å². The summed E-state index contributed by atoms with van der Waals surface area (Å²) in [6.45, 7) is 6.75. The number of fused-ring (bicyclic) bond motifs is 2. The molecule has 1 N–H and O–H groups in total. The molecule has 0 saturated carbocycles. The molecule has 0 spiro atoms. The molecule has 1 saturated heterocycles. The smallest absolute Gasteiger partial charge is 0.344 e. The molecule has 2 aromatic heterocycles. The Hall–Kier alpha value is -3.38. The first-order valence-electron chi connectivity index (χ1n) is 10.9. The van der Waals surface area contributed by atoms with Crippen LogP contribution in [0.4, 0.5) is 0 Å². The normalized spacial score (nSPS) is 19.6. The summed E-state index contributed by atoms with van der Waals surface area (Å²) in [6, 6.07) is 13.6. The number of nitrogens with zero attached hydrogens (tertiary/aromatic N) is 1. The Morgan fingerprint density at radius 2 is 1.72 bits per heavy atom. The van der Waals surface area contributed by atoms with Crippen molar-refractivity contribution < 1.29 is 13.9 Å². The minimum atomic E-state index is -0.577. The van der Waals surface area contributed by atoms with Crippen LogP contribution < -0.4 is 11.3 Å². The van der Waals surface area contributed by atoms with Gasteiger partial charge in [0.2, 0.25) is 0 Å². The first-order chi connectivity index (χ1) is 15.4. The van der Waals surface area contributed by atoms with E-state index in [1.165, 1.54) is 12.5 Å². The number of phenols is 1. The molecular weight excluding hydrogens is 406 g/mol. The van der Waals surface area contributed by atoms with Crippen LogP contribution in [0.5, 0.6) is 5.75 Å². The van der Waals surface area contributed by atoms with Crippen molar-refractivity contribution >= 4 is 21.9 Å². The van der Waals surface area contributed by atoms with Crippen molar-refractivity contribution in [3.05, 3.63) is 74.9 Å². The van der Waals surface area contributed by atoms with E-state index in [0.717, 1.165) is 18.5 Å². The predicted octanol–water partition coefficient (Wildman–Crippen LogP) is 4.75. The SMILES string of the molecule is CC1CC(C)CN(Cc2c(O)ccc3c(-c4cc5ccccc5oc4=O)cc(=O)oc23)C1. The molecule has 4 aromatic rings. The summed E-state index contributed by atoms with van der Waals surface area (Å²) in [5.41, 5.74) is 0.992. The molecule has 1 aliphatic heterocycles. The first kappa shape index (κ1) is 20.5. The van der Waals surface area contributed by atoms with E-state index in [4.69, 9.17) is 8.83 Å². The highest BCUT2D eigenvalue weighted by molar-refractivity contribution is 5.97. The fourth-order valence-electron chi connectivity index (χ4n) is 5.04. The lowest BCUT2D eigenvalue weighted by atomic mass is 9.91. The zero-order valence-corrected chi connectivity index (χ0v) is 18.1. The van der Waals surface area contributed by atoms with Crippen molar-refractivity contribution in [3.8, 4) is 16.9 Å². The van der Waals surface area contributed by atoms with Crippen molar-refractivity contribution in [3.63, 3.8) is 0 Å². The van der Waals surface area contributed by atoms with Crippen LogP contribution in [0.2, 0.25) is 0 Å². The third-order valence-electron chi connectivity index (χ3n) is 6.25. The number of para-hydroxylation sites is 1. The Morgan fingerprint density at radius 3 is 2.50 bits per heavy atom. The van der Waals surface area contributed by atoms with Gasteiger partial charge in [-0.15, -0.1) is 0 Å². The Bertz CT molecular complexity index is 1420. The molecule has 6 heteroatoms. The Balaban J connectivity index is 1.68. The third-order valence-corrected chi connectivity index (χ3v) is 6.25. The number of hydrogen-bond acceptors (Lipinski definition) is 6. The number of rotatable bonds is 3. The van der Waals surface area contributed by atoms with Crippen LogP contribution in [-0.4, -0.2) is 23.1 Å². The Labute approximate surface area is 184 Å². The van der Waals surface area contributed by atoms with Gasteiger partial charge in [-0.3, -0.25) is 4.90 Å². The minimum Gasteiger partial charge on any atom is -0.507 e. The maximum Gasteiger partial charge on any atom is 0.344 e. The second kappa shape index (κ2) is 7.95. The Morgan fingerprint density at radius 1 is 0.969 bits per heavy atom. The number of benzene rings is 2. The van der Waals surface area contributed by atoms with Crippen LogP contribution in [-0.2, 0) is 6.54 Å². The van der Waals surface area contributed by atoms with Crippen LogP contribution in [0, 0.1) is 11.8 Å². The number of phenolic OH excluding ortho intramolecular Hbond substituents is 1. The third kappa shape index (κ3) is 3.71. The number of likely N-dealkylation sites (tertiary alicyclic amines) is 1. The van der Waals surface area contributed by atoms with Crippen molar-refractivity contribution in [1.29, 1.82) is 0 Å². The molecule has 0 radical (unpaired) electrons. The van der Waals surface area contributed by atoms with E-state index in [1.54, 1.807) is 30.3 Å². The zero-order valence-electron chi connectivity index (χ0n) is 18.1. The molecule has 1 fully saturated rings. The van der Waals surface area contributed by atoms with E-state index < -0.39 is 11.3 Å². The molecule has 6 nitrogen and oxygen atoms in total. The molecule has 0 bridgehead atoms. The molecule has 5 rings (SSSR count). The quantitative estimate of drug-likeness (QED) is 0.471. The average molecular weight is 431 g/mol. The second-order valence-electron chi connectivity index (χ2n) is 9.04. The van der Waals surface area contributed by atoms with Gasteiger partial charge in [0.1, 0.15) is 16.9 Å². The van der Waals surface area contributed by atoms with Gasteiger partial charge in [-0.2, -0.15) is 0 Å². The lowest BCUT2D eigenvalue weighted by Crippen LogP contribution is -2.38. The highest BCUT2D eigenvalue weighted by Gasteiger charge is 2.25. The fourth-order valence-corrected chi connectivity index (χ4v) is 5.04. The predicted molar refractivity (Wildman–Crippen MR) is 124 cm³/mol. The number of hydrogen-bond donors (Lipinski definition) is 1.